The van der Waals surface area contributed by atoms with Crippen LogP contribution in [0.15, 0.2) is 59.5 Å². The second kappa shape index (κ2) is 9.35. The topological polar surface area (TPSA) is 104 Å². The van der Waals surface area contributed by atoms with Gasteiger partial charge in [0.05, 0.1) is 5.41 Å². The zero-order valence-electron chi connectivity index (χ0n) is 19.4. The highest BCUT2D eigenvalue weighted by Crippen LogP contribution is 2.60. The van der Waals surface area contributed by atoms with E-state index in [1.165, 1.54) is 31.4 Å². The molecule has 0 radical (unpaired) electrons. The predicted octanol–water partition coefficient (Wildman–Crippen LogP) is 3.08. The molecule has 0 heterocycles. The number of hydrogen-bond acceptors (Lipinski definition) is 4. The second-order valence-corrected chi connectivity index (χ2v) is 12.1. The van der Waals surface area contributed by atoms with Crippen LogP contribution in [0.2, 0.25) is 0 Å². The SMILES string of the molecule is O=C(NNC(=O)C12CC3CC(CC(C3)C1)C2)[C@@H](Cc1ccccc1)NS(=O)(=O)c1ccccc1F. The lowest BCUT2D eigenvalue weighted by atomic mass is 9.49. The van der Waals surface area contributed by atoms with E-state index in [9.17, 15) is 22.4 Å². The number of hydrogen-bond donors (Lipinski definition) is 3. The molecule has 186 valence electrons. The fraction of sp³-hybridized carbons (Fsp3) is 0.462. The maximum Gasteiger partial charge on any atom is 0.256 e. The first-order valence-corrected chi connectivity index (χ1v) is 13.6. The van der Waals surface area contributed by atoms with Crippen LogP contribution in [-0.2, 0) is 26.0 Å². The molecule has 2 aromatic carbocycles. The van der Waals surface area contributed by atoms with Crippen LogP contribution in [0, 0.1) is 29.0 Å². The van der Waals surface area contributed by atoms with Gasteiger partial charge in [-0.15, -0.1) is 0 Å². The molecule has 4 bridgehead atoms. The lowest BCUT2D eigenvalue weighted by Gasteiger charge is -2.55. The van der Waals surface area contributed by atoms with Gasteiger partial charge in [-0.2, -0.15) is 4.72 Å². The van der Waals surface area contributed by atoms with Crippen LogP contribution < -0.4 is 15.6 Å². The number of sulfonamides is 1. The van der Waals surface area contributed by atoms with E-state index >= 15 is 0 Å². The summed E-state index contributed by atoms with van der Waals surface area (Å²) in [5.74, 6) is -0.0930. The summed E-state index contributed by atoms with van der Waals surface area (Å²) in [6.07, 6.45) is 6.13. The maximum atomic E-state index is 14.2. The normalized spacial score (nSPS) is 27.9. The molecule has 4 aliphatic rings. The van der Waals surface area contributed by atoms with Gasteiger partial charge < -0.3 is 0 Å². The van der Waals surface area contributed by atoms with Gasteiger partial charge >= 0.3 is 0 Å². The first-order valence-electron chi connectivity index (χ1n) is 12.2. The lowest BCUT2D eigenvalue weighted by Crippen LogP contribution is -2.59. The number of halogens is 1. The molecule has 0 aromatic heterocycles. The van der Waals surface area contributed by atoms with Gasteiger partial charge in [-0.1, -0.05) is 42.5 Å². The molecule has 0 saturated heterocycles. The third-order valence-electron chi connectivity index (χ3n) is 7.84. The van der Waals surface area contributed by atoms with E-state index in [1.54, 1.807) is 24.3 Å². The Morgan fingerprint density at radius 2 is 1.46 bits per heavy atom. The summed E-state index contributed by atoms with van der Waals surface area (Å²) in [5.41, 5.74) is 5.32. The number of rotatable bonds is 7. The van der Waals surface area contributed by atoms with E-state index in [0.29, 0.717) is 17.8 Å². The highest BCUT2D eigenvalue weighted by Gasteiger charge is 2.54. The van der Waals surface area contributed by atoms with Crippen molar-refractivity contribution in [2.24, 2.45) is 23.2 Å². The minimum atomic E-state index is -4.33. The van der Waals surface area contributed by atoms with Gasteiger partial charge in [0.25, 0.3) is 5.91 Å². The molecule has 3 N–H and O–H groups in total. The van der Waals surface area contributed by atoms with Gasteiger partial charge in [0.2, 0.25) is 15.9 Å². The van der Waals surface area contributed by atoms with Gasteiger partial charge in [-0.3, -0.25) is 20.4 Å². The summed E-state index contributed by atoms with van der Waals surface area (Å²) in [7, 11) is -4.33. The quantitative estimate of drug-likeness (QED) is 0.509. The fourth-order valence-corrected chi connectivity index (χ4v) is 7.95. The molecule has 0 unspecified atom stereocenters. The van der Waals surface area contributed by atoms with Crippen molar-refractivity contribution in [1.29, 1.82) is 0 Å². The Bertz CT molecular complexity index is 1180. The summed E-state index contributed by atoms with van der Waals surface area (Å²) >= 11 is 0. The Hall–Kier alpha value is -2.78. The van der Waals surface area contributed by atoms with Crippen LogP contribution in [0.25, 0.3) is 0 Å². The van der Waals surface area contributed by atoms with Gasteiger partial charge in [0.1, 0.15) is 16.8 Å². The van der Waals surface area contributed by atoms with E-state index in [4.69, 9.17) is 0 Å². The highest BCUT2D eigenvalue weighted by atomic mass is 32.2. The van der Waals surface area contributed by atoms with E-state index in [0.717, 1.165) is 37.0 Å². The predicted molar refractivity (Wildman–Crippen MR) is 128 cm³/mol. The van der Waals surface area contributed by atoms with Crippen LogP contribution in [0.1, 0.15) is 44.1 Å². The summed E-state index contributed by atoms with van der Waals surface area (Å²) in [5, 5.41) is 0. The van der Waals surface area contributed by atoms with Gasteiger partial charge in [-0.05, 0) is 80.4 Å². The number of carbonyl (C=O) groups is 2. The van der Waals surface area contributed by atoms with Crippen molar-refractivity contribution >= 4 is 21.8 Å². The molecule has 4 saturated carbocycles. The van der Waals surface area contributed by atoms with Crippen LogP contribution in [0.3, 0.4) is 0 Å². The number of carbonyl (C=O) groups excluding carboxylic acids is 2. The Balaban J connectivity index is 1.30. The molecule has 2 amide bonds. The molecule has 2 aromatic rings. The van der Waals surface area contributed by atoms with Gasteiger partial charge in [0.15, 0.2) is 0 Å². The Labute approximate surface area is 204 Å². The third-order valence-corrected chi connectivity index (χ3v) is 9.35. The van der Waals surface area contributed by atoms with Crippen LogP contribution in [0.5, 0.6) is 0 Å². The van der Waals surface area contributed by atoms with E-state index in [1.807, 2.05) is 6.07 Å². The monoisotopic (exact) mass is 499 g/mol. The Morgan fingerprint density at radius 1 is 0.886 bits per heavy atom. The van der Waals surface area contributed by atoms with Gasteiger partial charge in [0, 0.05) is 0 Å². The van der Waals surface area contributed by atoms with Crippen LogP contribution in [0.4, 0.5) is 4.39 Å². The lowest BCUT2D eigenvalue weighted by molar-refractivity contribution is -0.149. The van der Waals surface area contributed by atoms with Crippen molar-refractivity contribution in [2.75, 3.05) is 0 Å². The van der Waals surface area contributed by atoms with Crippen molar-refractivity contribution in [3.8, 4) is 0 Å². The fourth-order valence-electron chi connectivity index (χ4n) is 6.68. The number of amides is 2. The summed E-state index contributed by atoms with van der Waals surface area (Å²) < 4.78 is 42.3. The first kappa shape index (κ1) is 23.9. The number of nitrogens with one attached hydrogen (secondary N) is 3. The average Bonchev–Trinajstić information content (AvgIpc) is 2.81. The molecule has 0 aliphatic heterocycles. The molecular formula is C26H30FN3O4S. The van der Waals surface area contributed by atoms with E-state index < -0.39 is 38.1 Å². The second-order valence-electron chi connectivity index (χ2n) is 10.4. The minimum absolute atomic E-state index is 0.0353. The van der Waals surface area contributed by atoms with Crippen molar-refractivity contribution in [1.82, 2.24) is 15.6 Å². The first-order chi connectivity index (χ1) is 16.7. The third kappa shape index (κ3) is 4.97. The number of benzene rings is 2. The molecule has 9 heteroatoms. The van der Waals surface area contributed by atoms with Crippen molar-refractivity contribution in [3.63, 3.8) is 0 Å². The Kier molecular flexibility index (Phi) is 6.40. The maximum absolute atomic E-state index is 14.2. The molecule has 7 nitrogen and oxygen atoms in total. The summed E-state index contributed by atoms with van der Waals surface area (Å²) in [6, 6.07) is 12.7. The zero-order chi connectivity index (χ0) is 24.6. The van der Waals surface area contributed by atoms with Crippen molar-refractivity contribution in [2.45, 2.75) is 55.9 Å². The molecule has 4 aliphatic carbocycles. The average molecular weight is 500 g/mol. The molecule has 35 heavy (non-hydrogen) atoms. The minimum Gasteiger partial charge on any atom is -0.273 e. The van der Waals surface area contributed by atoms with Crippen LogP contribution in [-0.4, -0.2) is 26.3 Å². The largest absolute Gasteiger partial charge is 0.273 e. The Morgan fingerprint density at radius 3 is 2.06 bits per heavy atom. The smallest absolute Gasteiger partial charge is 0.256 e. The molecule has 6 rings (SSSR count). The molecular weight excluding hydrogens is 469 g/mol. The van der Waals surface area contributed by atoms with Crippen molar-refractivity contribution < 1.29 is 22.4 Å². The van der Waals surface area contributed by atoms with Crippen molar-refractivity contribution in [3.05, 3.63) is 66.0 Å². The van der Waals surface area contributed by atoms with Crippen LogP contribution >= 0.6 is 0 Å². The number of hydrazine groups is 1. The molecule has 4 fully saturated rings. The summed E-state index contributed by atoms with van der Waals surface area (Å²) in [4.78, 5) is 25.8. The molecule has 0 spiro atoms. The van der Waals surface area contributed by atoms with Gasteiger partial charge in [-0.25, -0.2) is 12.8 Å². The molecule has 1 atom stereocenters. The van der Waals surface area contributed by atoms with E-state index in [-0.39, 0.29) is 12.3 Å². The summed E-state index contributed by atoms with van der Waals surface area (Å²) in [6.45, 7) is 0. The zero-order valence-corrected chi connectivity index (χ0v) is 20.2. The standard InChI is InChI=1S/C26H30FN3O4S/c27-21-8-4-5-9-23(21)35(33,34)30-22(13-17-6-2-1-3-7-17)24(31)28-29-25(32)26-14-18-10-19(15-26)12-20(11-18)16-26/h1-9,18-20,22,30H,10-16H2,(H,28,31)(H,29,32)/t18?,19?,20?,22-,26?/m1/s1. The van der Waals surface area contributed by atoms with E-state index in [2.05, 4.69) is 15.6 Å². The highest BCUT2D eigenvalue weighted by molar-refractivity contribution is 7.89.